The van der Waals surface area contributed by atoms with Crippen LogP contribution >= 0.6 is 0 Å². The van der Waals surface area contributed by atoms with Crippen LogP contribution in [0.4, 0.5) is 14.6 Å². The van der Waals surface area contributed by atoms with Gasteiger partial charge in [-0.15, -0.1) is 0 Å². The van der Waals surface area contributed by atoms with Gasteiger partial charge in [0.1, 0.15) is 11.5 Å². The Kier molecular flexibility index (Phi) is 6.66. The van der Waals surface area contributed by atoms with Gasteiger partial charge in [-0.05, 0) is 35.4 Å². The Hall–Kier alpha value is -3.30. The van der Waals surface area contributed by atoms with Crippen LogP contribution in [0.2, 0.25) is 0 Å². The molecule has 0 saturated heterocycles. The van der Waals surface area contributed by atoms with Crippen LogP contribution in [0.5, 0.6) is 0 Å². The Morgan fingerprint density at radius 3 is 2.46 bits per heavy atom. The van der Waals surface area contributed by atoms with Crippen LogP contribution in [0.25, 0.3) is 0 Å². The fourth-order valence-electron chi connectivity index (χ4n) is 2.51. The number of halogens is 2. The topological polar surface area (TPSA) is 61.0 Å². The maximum atomic E-state index is 13.0. The molecule has 1 aromatic carbocycles. The average molecular weight is 379 g/mol. The van der Waals surface area contributed by atoms with E-state index in [9.17, 15) is 8.78 Å². The predicted octanol–water partition coefficient (Wildman–Crippen LogP) is 4.31. The molecule has 0 saturated carbocycles. The monoisotopic (exact) mass is 379 g/mol. The molecule has 0 fully saturated rings. The molecule has 0 aliphatic carbocycles. The number of ether oxygens (including phenoxy) is 1. The summed E-state index contributed by atoms with van der Waals surface area (Å²) in [7, 11) is 0. The van der Waals surface area contributed by atoms with Crippen molar-refractivity contribution in [1.82, 2.24) is 9.97 Å². The van der Waals surface area contributed by atoms with Gasteiger partial charge in [0.2, 0.25) is 0 Å². The highest BCUT2D eigenvalue weighted by molar-refractivity contribution is 5.44. The minimum atomic E-state index is -2.71. The zero-order valence-electron chi connectivity index (χ0n) is 15.1. The molecule has 4 nitrogen and oxygen atoms in total. The predicted molar refractivity (Wildman–Crippen MR) is 103 cm³/mol. The van der Waals surface area contributed by atoms with Gasteiger partial charge < -0.3 is 10.5 Å². The van der Waals surface area contributed by atoms with E-state index >= 15 is 0 Å². The van der Waals surface area contributed by atoms with Crippen molar-refractivity contribution in [1.29, 1.82) is 0 Å². The summed E-state index contributed by atoms with van der Waals surface area (Å²) < 4.78 is 31.7. The van der Waals surface area contributed by atoms with Crippen molar-refractivity contribution < 1.29 is 13.5 Å². The van der Waals surface area contributed by atoms with Gasteiger partial charge in [0.05, 0.1) is 24.5 Å². The van der Waals surface area contributed by atoms with Crippen molar-refractivity contribution in [3.8, 4) is 11.8 Å². The number of hydrogen-bond acceptors (Lipinski definition) is 4. The van der Waals surface area contributed by atoms with Crippen LogP contribution in [0.15, 0.2) is 60.8 Å². The molecule has 0 unspecified atom stereocenters. The quantitative estimate of drug-likeness (QED) is 0.649. The first kappa shape index (κ1) is 19.5. The normalized spacial score (nSPS) is 10.5. The van der Waals surface area contributed by atoms with Crippen molar-refractivity contribution in [2.24, 2.45) is 0 Å². The highest BCUT2D eigenvalue weighted by Gasteiger charge is 2.13. The minimum Gasteiger partial charge on any atom is -0.384 e. The van der Waals surface area contributed by atoms with E-state index in [1.54, 1.807) is 6.20 Å². The van der Waals surface area contributed by atoms with E-state index in [-0.39, 0.29) is 17.1 Å². The van der Waals surface area contributed by atoms with Crippen molar-refractivity contribution in [3.63, 3.8) is 0 Å². The van der Waals surface area contributed by atoms with Gasteiger partial charge in [-0.25, -0.2) is 13.8 Å². The summed E-state index contributed by atoms with van der Waals surface area (Å²) in [6.07, 6.45) is -0.528. The summed E-state index contributed by atoms with van der Waals surface area (Å²) >= 11 is 0. The lowest BCUT2D eigenvalue weighted by atomic mass is 10.1. The lowest BCUT2D eigenvalue weighted by Crippen LogP contribution is -1.99. The summed E-state index contributed by atoms with van der Waals surface area (Å²) in [5.41, 5.74) is 8.19. The molecule has 0 aliphatic rings. The first-order chi connectivity index (χ1) is 13.6. The van der Waals surface area contributed by atoms with Gasteiger partial charge in [0, 0.05) is 12.6 Å². The Morgan fingerprint density at radius 1 is 0.964 bits per heavy atom. The number of rotatable bonds is 6. The molecule has 2 N–H and O–H groups in total. The highest BCUT2D eigenvalue weighted by atomic mass is 19.3. The Morgan fingerprint density at radius 2 is 1.75 bits per heavy atom. The van der Waals surface area contributed by atoms with Crippen LogP contribution in [0.3, 0.4) is 0 Å². The lowest BCUT2D eigenvalue weighted by Gasteiger charge is -2.05. The van der Waals surface area contributed by atoms with E-state index in [1.807, 2.05) is 42.5 Å². The second-order valence-electron chi connectivity index (χ2n) is 6.08. The molecule has 3 rings (SSSR count). The SMILES string of the molecule is Nc1ccc(C#CCc2ccc(COCc3ccccn3)cc2)c(C(F)F)n1. The molecule has 0 spiro atoms. The summed E-state index contributed by atoms with van der Waals surface area (Å²) in [5, 5.41) is 0. The van der Waals surface area contributed by atoms with E-state index in [1.165, 1.54) is 12.1 Å². The zero-order valence-corrected chi connectivity index (χ0v) is 15.1. The molecule has 0 amide bonds. The number of pyridine rings is 2. The van der Waals surface area contributed by atoms with Crippen LogP contribution in [-0.4, -0.2) is 9.97 Å². The van der Waals surface area contributed by atoms with E-state index < -0.39 is 6.43 Å². The lowest BCUT2D eigenvalue weighted by molar-refractivity contribution is 0.104. The molecule has 0 radical (unpaired) electrons. The second kappa shape index (κ2) is 9.58. The molecule has 3 aromatic rings. The standard InChI is InChI=1S/C22H19F2N3O/c23-22(24)21-18(11-12-20(25)27-21)5-3-4-16-7-9-17(10-8-16)14-28-15-19-6-1-2-13-26-19/h1-2,6-13,22H,4,14-15H2,(H2,25,27). The average Bonchev–Trinajstić information content (AvgIpc) is 2.71. The van der Waals surface area contributed by atoms with Gasteiger partial charge in [0.15, 0.2) is 0 Å². The second-order valence-corrected chi connectivity index (χ2v) is 6.08. The summed E-state index contributed by atoms with van der Waals surface area (Å²) in [6.45, 7) is 0.938. The first-order valence-corrected chi connectivity index (χ1v) is 8.71. The van der Waals surface area contributed by atoms with E-state index in [0.717, 1.165) is 16.8 Å². The van der Waals surface area contributed by atoms with Gasteiger partial charge in [-0.2, -0.15) is 0 Å². The van der Waals surface area contributed by atoms with Gasteiger partial charge in [-0.1, -0.05) is 42.2 Å². The highest BCUT2D eigenvalue weighted by Crippen LogP contribution is 2.21. The number of nitrogens with two attached hydrogens (primary N) is 1. The largest absolute Gasteiger partial charge is 0.384 e. The molecule has 0 bridgehead atoms. The van der Waals surface area contributed by atoms with Crippen molar-refractivity contribution in [2.45, 2.75) is 26.1 Å². The molecule has 28 heavy (non-hydrogen) atoms. The van der Waals surface area contributed by atoms with Crippen molar-refractivity contribution in [2.75, 3.05) is 5.73 Å². The number of nitrogens with zero attached hydrogens (tertiary/aromatic N) is 2. The van der Waals surface area contributed by atoms with Crippen molar-refractivity contribution >= 4 is 5.82 Å². The zero-order chi connectivity index (χ0) is 19.8. The van der Waals surface area contributed by atoms with E-state index in [4.69, 9.17) is 10.5 Å². The van der Waals surface area contributed by atoms with Crippen LogP contribution in [0, 0.1) is 11.8 Å². The molecule has 2 heterocycles. The number of aromatic nitrogens is 2. The third-order valence-corrected chi connectivity index (χ3v) is 3.94. The van der Waals surface area contributed by atoms with Gasteiger partial charge >= 0.3 is 0 Å². The van der Waals surface area contributed by atoms with E-state index in [0.29, 0.717) is 19.6 Å². The summed E-state index contributed by atoms with van der Waals surface area (Å²) in [6, 6.07) is 16.5. The number of alkyl halides is 2. The Balaban J connectivity index is 1.55. The molecule has 0 aliphatic heterocycles. The first-order valence-electron chi connectivity index (χ1n) is 8.71. The third kappa shape index (κ3) is 5.60. The van der Waals surface area contributed by atoms with Gasteiger partial charge in [-0.3, -0.25) is 4.98 Å². The minimum absolute atomic E-state index is 0.0571. The fourth-order valence-corrected chi connectivity index (χ4v) is 2.51. The summed E-state index contributed by atoms with van der Waals surface area (Å²) in [4.78, 5) is 7.87. The fraction of sp³-hybridized carbons (Fsp3) is 0.182. The molecular weight excluding hydrogens is 360 g/mol. The number of benzene rings is 1. The van der Waals surface area contributed by atoms with Crippen LogP contribution in [0.1, 0.15) is 34.5 Å². The number of anilines is 1. The van der Waals surface area contributed by atoms with Gasteiger partial charge in [0.25, 0.3) is 6.43 Å². The van der Waals surface area contributed by atoms with Crippen LogP contribution < -0.4 is 5.73 Å². The molecular formula is C22H19F2N3O. The molecule has 6 heteroatoms. The Bertz CT molecular complexity index is 965. The summed E-state index contributed by atoms with van der Waals surface area (Å²) in [5.74, 6) is 5.73. The van der Waals surface area contributed by atoms with Crippen LogP contribution in [-0.2, 0) is 24.4 Å². The number of hydrogen-bond donors (Lipinski definition) is 1. The Labute approximate surface area is 162 Å². The smallest absolute Gasteiger partial charge is 0.281 e. The third-order valence-electron chi connectivity index (χ3n) is 3.94. The van der Waals surface area contributed by atoms with Crippen molar-refractivity contribution in [3.05, 3.63) is 88.9 Å². The molecule has 2 aromatic heterocycles. The molecule has 0 atom stereocenters. The maximum absolute atomic E-state index is 13.0. The number of nitrogen functional groups attached to an aromatic ring is 1. The van der Waals surface area contributed by atoms with E-state index in [2.05, 4.69) is 21.8 Å². The maximum Gasteiger partial charge on any atom is 0.281 e. The molecule has 142 valence electrons.